The van der Waals surface area contributed by atoms with Crippen molar-refractivity contribution in [2.75, 3.05) is 5.32 Å². The summed E-state index contributed by atoms with van der Waals surface area (Å²) >= 11 is 0. The average molecular weight is 463 g/mol. The molecule has 0 bridgehead atoms. The van der Waals surface area contributed by atoms with Gasteiger partial charge in [0.25, 0.3) is 16.0 Å². The molecule has 0 aliphatic heterocycles. The van der Waals surface area contributed by atoms with Gasteiger partial charge in [0, 0.05) is 16.8 Å². The van der Waals surface area contributed by atoms with Crippen molar-refractivity contribution in [1.29, 1.82) is 0 Å². The van der Waals surface area contributed by atoms with Crippen LogP contribution in [0.5, 0.6) is 0 Å². The molecule has 0 heterocycles. The van der Waals surface area contributed by atoms with Gasteiger partial charge in [0.1, 0.15) is 0 Å². The predicted molar refractivity (Wildman–Crippen MR) is 110 cm³/mol. The molecular weight excluding hydrogens is 447 g/mol. The highest BCUT2D eigenvalue weighted by atomic mass is 32.2. The molecule has 0 saturated heterocycles. The summed E-state index contributed by atoms with van der Waals surface area (Å²) in [6, 6.07) is 19.0. The summed E-state index contributed by atoms with van der Waals surface area (Å²) in [5.74, 6) is -2.09. The van der Waals surface area contributed by atoms with E-state index < -0.39 is 39.0 Å². The van der Waals surface area contributed by atoms with Gasteiger partial charge in [0.2, 0.25) is 11.9 Å². The van der Waals surface area contributed by atoms with Crippen molar-refractivity contribution in [1.82, 2.24) is 0 Å². The second kappa shape index (κ2) is 9.33. The standard InChI is InChI=1S/C22H16F3NO5S/c23-22(24,25)20(19(27)15-7-3-1-4-8-15)31-32(29,30)18-13-11-16(12-14-18)21(28)26-17-9-5-2-6-10-17/h1-14,20H,(H,26,28). The highest BCUT2D eigenvalue weighted by Crippen LogP contribution is 2.29. The largest absolute Gasteiger partial charge is 0.423 e. The minimum absolute atomic E-state index is 0.0699. The number of carbonyl (C=O) groups excluding carboxylic acids is 2. The SMILES string of the molecule is O=C(Nc1ccccc1)c1ccc(S(=O)(=O)OC(C(=O)c2ccccc2)C(F)(F)F)cc1. The molecule has 1 atom stereocenters. The molecule has 3 aromatic rings. The van der Waals surface area contributed by atoms with Crippen LogP contribution < -0.4 is 5.32 Å². The van der Waals surface area contributed by atoms with Crippen LogP contribution in [-0.2, 0) is 14.3 Å². The van der Waals surface area contributed by atoms with Crippen LogP contribution in [0, 0.1) is 0 Å². The monoisotopic (exact) mass is 463 g/mol. The average Bonchev–Trinajstić information content (AvgIpc) is 2.78. The third-order valence-electron chi connectivity index (χ3n) is 4.25. The first-order valence-electron chi connectivity index (χ1n) is 9.14. The molecule has 0 aliphatic carbocycles. The second-order valence-corrected chi connectivity index (χ2v) is 8.12. The normalized spacial score (nSPS) is 12.7. The molecule has 1 N–H and O–H groups in total. The Kier molecular flexibility index (Phi) is 6.75. The van der Waals surface area contributed by atoms with Gasteiger partial charge >= 0.3 is 6.18 Å². The van der Waals surface area contributed by atoms with Crippen molar-refractivity contribution >= 4 is 27.5 Å². The van der Waals surface area contributed by atoms with Crippen LogP contribution in [-0.4, -0.2) is 32.4 Å². The molecule has 0 radical (unpaired) electrons. The van der Waals surface area contributed by atoms with Crippen molar-refractivity contribution in [2.24, 2.45) is 0 Å². The number of halogens is 3. The molecule has 0 fully saturated rings. The molecule has 1 unspecified atom stereocenters. The lowest BCUT2D eigenvalue weighted by atomic mass is 10.1. The number of anilines is 1. The van der Waals surface area contributed by atoms with Crippen LogP contribution in [0.3, 0.4) is 0 Å². The lowest BCUT2D eigenvalue weighted by Gasteiger charge is -2.19. The number of benzene rings is 3. The van der Waals surface area contributed by atoms with Crippen LogP contribution in [0.2, 0.25) is 0 Å². The van der Waals surface area contributed by atoms with Gasteiger partial charge in [-0.15, -0.1) is 0 Å². The molecule has 0 aliphatic rings. The summed E-state index contributed by atoms with van der Waals surface area (Å²) in [5, 5.41) is 2.59. The summed E-state index contributed by atoms with van der Waals surface area (Å²) in [4.78, 5) is 23.9. The third kappa shape index (κ3) is 5.59. The maximum absolute atomic E-state index is 13.4. The van der Waals surface area contributed by atoms with Crippen molar-refractivity contribution < 1.29 is 35.4 Å². The Morgan fingerprint density at radius 3 is 1.84 bits per heavy atom. The summed E-state index contributed by atoms with van der Waals surface area (Å²) in [7, 11) is -4.97. The Bertz CT molecular complexity index is 1200. The molecule has 1 amide bonds. The molecular formula is C22H16F3NO5S. The number of carbonyl (C=O) groups is 2. The van der Waals surface area contributed by atoms with Gasteiger partial charge < -0.3 is 5.32 Å². The highest BCUT2D eigenvalue weighted by molar-refractivity contribution is 7.86. The summed E-state index contributed by atoms with van der Waals surface area (Å²) < 4.78 is 69.4. The third-order valence-corrected chi connectivity index (χ3v) is 5.55. The number of hydrogen-bond donors (Lipinski definition) is 1. The molecule has 10 heteroatoms. The molecule has 0 spiro atoms. The van der Waals surface area contributed by atoms with E-state index >= 15 is 0 Å². The Balaban J connectivity index is 1.80. The van der Waals surface area contributed by atoms with E-state index in [0.29, 0.717) is 5.69 Å². The lowest BCUT2D eigenvalue weighted by molar-refractivity contribution is -0.178. The number of rotatable bonds is 7. The minimum atomic E-state index is -5.27. The Morgan fingerprint density at radius 1 is 0.781 bits per heavy atom. The number of para-hydroxylation sites is 1. The van der Waals surface area contributed by atoms with Crippen LogP contribution >= 0.6 is 0 Å². The summed E-state index contributed by atoms with van der Waals surface area (Å²) in [6.45, 7) is 0. The van der Waals surface area contributed by atoms with E-state index in [2.05, 4.69) is 9.50 Å². The summed E-state index contributed by atoms with van der Waals surface area (Å²) in [5.41, 5.74) is 0.225. The fraction of sp³-hybridized carbons (Fsp3) is 0.0909. The number of ketones is 1. The van der Waals surface area contributed by atoms with Gasteiger partial charge in [0.05, 0.1) is 4.90 Å². The van der Waals surface area contributed by atoms with Crippen molar-refractivity contribution in [3.05, 3.63) is 96.1 Å². The molecule has 6 nitrogen and oxygen atoms in total. The second-order valence-electron chi connectivity index (χ2n) is 6.55. The molecule has 32 heavy (non-hydrogen) atoms. The number of nitrogens with one attached hydrogen (secondary N) is 1. The first-order valence-corrected chi connectivity index (χ1v) is 10.5. The Labute approximate surface area is 181 Å². The fourth-order valence-electron chi connectivity index (χ4n) is 2.68. The van der Waals surface area contributed by atoms with Crippen LogP contribution in [0.1, 0.15) is 20.7 Å². The van der Waals surface area contributed by atoms with Crippen molar-refractivity contribution in [2.45, 2.75) is 17.2 Å². The smallest absolute Gasteiger partial charge is 0.322 e. The zero-order chi connectivity index (χ0) is 23.4. The van der Waals surface area contributed by atoms with Crippen molar-refractivity contribution in [3.8, 4) is 0 Å². The van der Waals surface area contributed by atoms with E-state index in [9.17, 15) is 31.2 Å². The number of Topliss-reactive ketones (excluding diaryl/α,β-unsaturated/α-hetero) is 1. The highest BCUT2D eigenvalue weighted by Gasteiger charge is 2.49. The van der Waals surface area contributed by atoms with Crippen LogP contribution in [0.15, 0.2) is 89.8 Å². The predicted octanol–water partition coefficient (Wildman–Crippen LogP) is 4.46. The molecule has 166 valence electrons. The van der Waals surface area contributed by atoms with Crippen LogP contribution in [0.4, 0.5) is 18.9 Å². The van der Waals surface area contributed by atoms with Crippen LogP contribution in [0.25, 0.3) is 0 Å². The molecule has 3 aromatic carbocycles. The Morgan fingerprint density at radius 2 is 1.31 bits per heavy atom. The van der Waals surface area contributed by atoms with Crippen molar-refractivity contribution in [3.63, 3.8) is 0 Å². The topological polar surface area (TPSA) is 89.5 Å². The van der Waals surface area contributed by atoms with E-state index in [1.165, 1.54) is 18.2 Å². The van der Waals surface area contributed by atoms with E-state index in [1.54, 1.807) is 30.3 Å². The fourth-order valence-corrected chi connectivity index (χ4v) is 3.71. The lowest BCUT2D eigenvalue weighted by Crippen LogP contribution is -2.40. The zero-order valence-corrected chi connectivity index (χ0v) is 17.1. The number of hydrogen-bond acceptors (Lipinski definition) is 5. The zero-order valence-electron chi connectivity index (χ0n) is 16.2. The van der Waals surface area contributed by atoms with E-state index in [-0.39, 0.29) is 11.1 Å². The molecule has 3 rings (SSSR count). The van der Waals surface area contributed by atoms with E-state index in [4.69, 9.17) is 0 Å². The van der Waals surface area contributed by atoms with Gasteiger partial charge in [-0.05, 0) is 36.4 Å². The maximum atomic E-state index is 13.4. The van der Waals surface area contributed by atoms with E-state index in [0.717, 1.165) is 36.4 Å². The minimum Gasteiger partial charge on any atom is -0.322 e. The first kappa shape index (κ1) is 23.2. The van der Waals surface area contributed by atoms with Gasteiger partial charge in [0.15, 0.2) is 0 Å². The summed E-state index contributed by atoms with van der Waals surface area (Å²) in [6.07, 6.45) is -8.48. The molecule has 0 saturated carbocycles. The van der Waals surface area contributed by atoms with Gasteiger partial charge in [-0.1, -0.05) is 48.5 Å². The number of alkyl halides is 3. The van der Waals surface area contributed by atoms with Gasteiger partial charge in [-0.2, -0.15) is 21.6 Å². The molecule has 0 aromatic heterocycles. The maximum Gasteiger partial charge on any atom is 0.423 e. The quantitative estimate of drug-likeness (QED) is 0.413. The Hall–Kier alpha value is -3.50. The van der Waals surface area contributed by atoms with Gasteiger partial charge in [-0.25, -0.2) is 4.18 Å². The number of amides is 1. The van der Waals surface area contributed by atoms with Gasteiger partial charge in [-0.3, -0.25) is 9.59 Å². The first-order chi connectivity index (χ1) is 15.1. The van der Waals surface area contributed by atoms with E-state index in [1.807, 2.05) is 0 Å².